The molecule has 0 saturated heterocycles. The van der Waals surface area contributed by atoms with E-state index in [2.05, 4.69) is 19.3 Å². The predicted molar refractivity (Wildman–Crippen MR) is 68.8 cm³/mol. The molecular formula is C13H22N2O2. The summed E-state index contributed by atoms with van der Waals surface area (Å²) in [6.45, 7) is 6.21. The van der Waals surface area contributed by atoms with Gasteiger partial charge in [0, 0.05) is 12.1 Å². The van der Waals surface area contributed by atoms with Crippen molar-refractivity contribution in [3.8, 4) is 5.75 Å². The zero-order valence-electron chi connectivity index (χ0n) is 10.9. The van der Waals surface area contributed by atoms with Gasteiger partial charge in [-0.05, 0) is 24.5 Å². The Morgan fingerprint density at radius 1 is 1.47 bits per heavy atom. The van der Waals surface area contributed by atoms with Gasteiger partial charge in [-0.15, -0.1) is 0 Å². The highest BCUT2D eigenvalue weighted by Crippen LogP contribution is 2.32. The number of methoxy groups -OCH3 is 1. The van der Waals surface area contributed by atoms with Crippen LogP contribution in [0.15, 0.2) is 18.2 Å². The summed E-state index contributed by atoms with van der Waals surface area (Å²) in [5.41, 5.74) is 3.36. The quantitative estimate of drug-likeness (QED) is 0.537. The average molecular weight is 238 g/mol. The minimum absolute atomic E-state index is 0.268. The highest BCUT2D eigenvalue weighted by Gasteiger charge is 2.26. The van der Waals surface area contributed by atoms with Crippen molar-refractivity contribution < 1.29 is 9.84 Å². The van der Waals surface area contributed by atoms with Crippen LogP contribution in [0.5, 0.6) is 5.75 Å². The van der Waals surface area contributed by atoms with Crippen LogP contribution in [0.4, 0.5) is 0 Å². The number of hydrogen-bond donors (Lipinski definition) is 3. The molecule has 1 aromatic rings. The van der Waals surface area contributed by atoms with Gasteiger partial charge in [-0.25, -0.2) is 0 Å². The first-order valence-corrected chi connectivity index (χ1v) is 5.76. The van der Waals surface area contributed by atoms with E-state index in [1.54, 1.807) is 14.0 Å². The minimum atomic E-state index is -1.05. The molecule has 0 aliphatic carbocycles. The number of hydrogen-bond acceptors (Lipinski definition) is 4. The van der Waals surface area contributed by atoms with Crippen LogP contribution in [-0.2, 0) is 5.60 Å². The van der Waals surface area contributed by atoms with Crippen LogP contribution in [0.3, 0.4) is 0 Å². The molecule has 4 N–H and O–H groups in total. The fraction of sp³-hybridized carbons (Fsp3) is 0.538. The van der Waals surface area contributed by atoms with Gasteiger partial charge >= 0.3 is 0 Å². The van der Waals surface area contributed by atoms with E-state index >= 15 is 0 Å². The summed E-state index contributed by atoms with van der Waals surface area (Å²) in [4.78, 5) is 0. The molecule has 1 aromatic carbocycles. The van der Waals surface area contributed by atoms with Crippen molar-refractivity contribution in [1.29, 1.82) is 0 Å². The molecule has 96 valence electrons. The number of ether oxygens (including phenoxy) is 1. The number of aliphatic hydroxyl groups is 1. The van der Waals surface area contributed by atoms with Crippen LogP contribution in [0.1, 0.15) is 37.8 Å². The number of nitrogens with two attached hydrogens (primary N) is 1. The minimum Gasteiger partial charge on any atom is -0.496 e. The van der Waals surface area contributed by atoms with Gasteiger partial charge in [-0.1, -0.05) is 26.0 Å². The largest absolute Gasteiger partial charge is 0.496 e. The molecule has 0 fully saturated rings. The van der Waals surface area contributed by atoms with E-state index in [-0.39, 0.29) is 6.54 Å². The van der Waals surface area contributed by atoms with Crippen molar-refractivity contribution in [2.75, 3.05) is 13.7 Å². The number of hydrazine groups is 1. The normalized spacial score (nSPS) is 14.8. The number of benzene rings is 1. The van der Waals surface area contributed by atoms with E-state index in [9.17, 15) is 5.11 Å². The monoisotopic (exact) mass is 238 g/mol. The second-order valence-corrected chi connectivity index (χ2v) is 4.77. The van der Waals surface area contributed by atoms with Gasteiger partial charge in [0.15, 0.2) is 0 Å². The van der Waals surface area contributed by atoms with E-state index in [0.717, 1.165) is 5.56 Å². The van der Waals surface area contributed by atoms with Crippen molar-refractivity contribution >= 4 is 0 Å². The van der Waals surface area contributed by atoms with Gasteiger partial charge in [-0.3, -0.25) is 11.3 Å². The second-order valence-electron chi connectivity index (χ2n) is 4.77. The third kappa shape index (κ3) is 3.19. The van der Waals surface area contributed by atoms with E-state index in [4.69, 9.17) is 10.6 Å². The molecule has 4 heteroatoms. The van der Waals surface area contributed by atoms with Crippen LogP contribution in [0.25, 0.3) is 0 Å². The van der Waals surface area contributed by atoms with Crippen LogP contribution >= 0.6 is 0 Å². The van der Waals surface area contributed by atoms with E-state index in [1.165, 1.54) is 5.56 Å². The lowest BCUT2D eigenvalue weighted by Gasteiger charge is -2.26. The highest BCUT2D eigenvalue weighted by atomic mass is 16.5. The molecule has 0 aliphatic rings. The fourth-order valence-corrected chi connectivity index (χ4v) is 1.81. The zero-order valence-corrected chi connectivity index (χ0v) is 10.9. The Labute approximate surface area is 103 Å². The first-order valence-electron chi connectivity index (χ1n) is 5.76. The van der Waals surface area contributed by atoms with Crippen LogP contribution in [0, 0.1) is 0 Å². The van der Waals surface area contributed by atoms with Gasteiger partial charge in [0.2, 0.25) is 0 Å². The van der Waals surface area contributed by atoms with Crippen molar-refractivity contribution in [1.82, 2.24) is 5.43 Å². The molecule has 0 amide bonds. The van der Waals surface area contributed by atoms with Gasteiger partial charge in [0.25, 0.3) is 0 Å². The molecule has 1 rings (SSSR count). The first-order chi connectivity index (χ1) is 7.92. The average Bonchev–Trinajstić information content (AvgIpc) is 2.28. The molecule has 4 nitrogen and oxygen atoms in total. The summed E-state index contributed by atoms with van der Waals surface area (Å²) in [7, 11) is 1.61. The summed E-state index contributed by atoms with van der Waals surface area (Å²) in [5.74, 6) is 6.39. The van der Waals surface area contributed by atoms with Crippen molar-refractivity contribution in [3.63, 3.8) is 0 Å². The van der Waals surface area contributed by atoms with Gasteiger partial charge in [0.1, 0.15) is 11.4 Å². The SMILES string of the molecule is COc1cc(C(C)C)ccc1C(C)(O)CNN. The molecule has 1 unspecified atom stereocenters. The Balaban J connectivity index is 3.16. The summed E-state index contributed by atoms with van der Waals surface area (Å²) in [6.07, 6.45) is 0. The molecule has 17 heavy (non-hydrogen) atoms. The van der Waals surface area contributed by atoms with Crippen LogP contribution in [0.2, 0.25) is 0 Å². The van der Waals surface area contributed by atoms with Gasteiger partial charge < -0.3 is 9.84 Å². The first kappa shape index (κ1) is 14.0. The van der Waals surface area contributed by atoms with Crippen molar-refractivity contribution in [2.45, 2.75) is 32.3 Å². The lowest BCUT2D eigenvalue weighted by Crippen LogP contribution is -2.39. The maximum absolute atomic E-state index is 10.3. The molecular weight excluding hydrogens is 216 g/mol. The topological polar surface area (TPSA) is 67.5 Å². The second kappa shape index (κ2) is 5.49. The van der Waals surface area contributed by atoms with Crippen molar-refractivity contribution in [2.24, 2.45) is 5.84 Å². The lowest BCUT2D eigenvalue weighted by molar-refractivity contribution is 0.0546. The Bertz CT molecular complexity index is 376. The standard InChI is InChI=1S/C13H22N2O2/c1-9(2)10-5-6-11(12(7-10)17-4)13(3,16)8-15-14/h5-7,9,15-16H,8,14H2,1-4H3. The Morgan fingerprint density at radius 3 is 2.59 bits per heavy atom. The van der Waals surface area contributed by atoms with Crippen molar-refractivity contribution in [3.05, 3.63) is 29.3 Å². The molecule has 0 saturated carbocycles. The summed E-state index contributed by atoms with van der Waals surface area (Å²) in [6, 6.07) is 5.87. The maximum Gasteiger partial charge on any atom is 0.125 e. The maximum atomic E-state index is 10.3. The molecule has 0 aromatic heterocycles. The molecule has 0 heterocycles. The lowest BCUT2D eigenvalue weighted by atomic mass is 9.92. The Hall–Kier alpha value is -1.10. The summed E-state index contributed by atoms with van der Waals surface area (Å²) < 4.78 is 5.34. The zero-order chi connectivity index (χ0) is 13.1. The smallest absolute Gasteiger partial charge is 0.125 e. The van der Waals surface area contributed by atoms with Gasteiger partial charge in [-0.2, -0.15) is 0 Å². The molecule has 0 spiro atoms. The highest BCUT2D eigenvalue weighted by molar-refractivity contribution is 5.42. The Morgan fingerprint density at radius 2 is 2.12 bits per heavy atom. The van der Waals surface area contributed by atoms with E-state index in [0.29, 0.717) is 11.7 Å². The number of rotatable bonds is 5. The fourth-order valence-electron chi connectivity index (χ4n) is 1.81. The third-order valence-corrected chi connectivity index (χ3v) is 2.92. The van der Waals surface area contributed by atoms with Crippen LogP contribution < -0.4 is 16.0 Å². The Kier molecular flexibility index (Phi) is 4.51. The molecule has 0 radical (unpaired) electrons. The number of nitrogens with one attached hydrogen (secondary N) is 1. The van der Waals surface area contributed by atoms with Crippen LogP contribution in [-0.4, -0.2) is 18.8 Å². The third-order valence-electron chi connectivity index (χ3n) is 2.92. The predicted octanol–water partition coefficient (Wildman–Crippen LogP) is 1.49. The molecule has 0 bridgehead atoms. The summed E-state index contributed by atoms with van der Waals surface area (Å²) >= 11 is 0. The van der Waals surface area contributed by atoms with Gasteiger partial charge in [0.05, 0.1) is 7.11 Å². The summed E-state index contributed by atoms with van der Waals surface area (Å²) in [5, 5.41) is 10.3. The van der Waals surface area contributed by atoms with E-state index in [1.807, 2.05) is 18.2 Å². The van der Waals surface area contributed by atoms with E-state index < -0.39 is 5.60 Å². The molecule has 1 atom stereocenters. The molecule has 0 aliphatic heterocycles.